The van der Waals surface area contributed by atoms with E-state index in [0.717, 1.165) is 77.5 Å². The van der Waals surface area contributed by atoms with Gasteiger partial charge in [-0.1, -0.05) is 13.8 Å². The van der Waals surface area contributed by atoms with Crippen LogP contribution < -0.4 is 5.32 Å². The molecule has 2 saturated heterocycles. The maximum atomic E-state index is 12.5. The summed E-state index contributed by atoms with van der Waals surface area (Å²) in [5.41, 5.74) is 3.75. The first-order valence-electron chi connectivity index (χ1n) is 11.6. The van der Waals surface area contributed by atoms with Crippen LogP contribution in [0.5, 0.6) is 0 Å². The van der Waals surface area contributed by atoms with E-state index in [2.05, 4.69) is 39.1 Å². The molecule has 0 spiro atoms. The van der Waals surface area contributed by atoms with Crippen molar-refractivity contribution < 1.29 is 4.79 Å². The fraction of sp³-hybridized carbons (Fsp3) is 0.773. The summed E-state index contributed by atoms with van der Waals surface area (Å²) < 4.78 is 2.01. The number of guanidine groups is 1. The van der Waals surface area contributed by atoms with Gasteiger partial charge in [0.05, 0.1) is 12.2 Å². The highest BCUT2D eigenvalue weighted by Gasteiger charge is 2.24. The standard InChI is InChI=1S/C22H39N7O.HI/c1-5-19-18(20(6-2)26(4)25-19)16-24-22(23-3)29-14-12-27(13-15-29)17-21(30)28-10-8-7-9-11-28;/h5-17H2,1-4H3,(H,23,24);1H. The van der Waals surface area contributed by atoms with E-state index in [1.165, 1.54) is 23.4 Å². The number of nitrogens with zero attached hydrogens (tertiary/aromatic N) is 6. The molecule has 2 fully saturated rings. The summed E-state index contributed by atoms with van der Waals surface area (Å²) in [6.45, 7) is 11.1. The zero-order valence-corrected chi connectivity index (χ0v) is 22.0. The average Bonchev–Trinajstić information content (AvgIpc) is 3.10. The molecule has 2 aliphatic heterocycles. The van der Waals surface area contributed by atoms with Gasteiger partial charge in [0.15, 0.2) is 5.96 Å². The summed E-state index contributed by atoms with van der Waals surface area (Å²) in [7, 11) is 3.88. The number of piperazine rings is 1. The zero-order chi connectivity index (χ0) is 21.5. The number of piperidine rings is 1. The molecule has 0 atom stereocenters. The summed E-state index contributed by atoms with van der Waals surface area (Å²) in [6, 6.07) is 0. The Kier molecular flexibility index (Phi) is 10.5. The molecule has 3 rings (SSSR count). The van der Waals surface area contributed by atoms with E-state index in [-0.39, 0.29) is 24.0 Å². The smallest absolute Gasteiger partial charge is 0.236 e. The highest BCUT2D eigenvalue weighted by Crippen LogP contribution is 2.16. The fourth-order valence-electron chi connectivity index (χ4n) is 4.65. The Bertz CT molecular complexity index is 734. The van der Waals surface area contributed by atoms with Crippen molar-refractivity contribution >= 4 is 35.8 Å². The van der Waals surface area contributed by atoms with E-state index in [1.54, 1.807) is 0 Å². The molecule has 3 heterocycles. The van der Waals surface area contributed by atoms with Crippen LogP contribution in [0.4, 0.5) is 0 Å². The SMILES string of the molecule is CCc1nn(C)c(CC)c1CNC(=NC)N1CCN(CC(=O)N2CCCCC2)CC1.I. The van der Waals surface area contributed by atoms with Crippen molar-refractivity contribution in [1.29, 1.82) is 0 Å². The third-order valence-corrected chi connectivity index (χ3v) is 6.40. The Hall–Kier alpha value is -1.36. The van der Waals surface area contributed by atoms with Gasteiger partial charge in [0.25, 0.3) is 0 Å². The summed E-state index contributed by atoms with van der Waals surface area (Å²) in [4.78, 5) is 23.7. The Labute approximate surface area is 204 Å². The molecule has 0 bridgehead atoms. The molecule has 1 aromatic heterocycles. The quantitative estimate of drug-likeness (QED) is 0.336. The van der Waals surface area contributed by atoms with Crippen molar-refractivity contribution in [3.8, 4) is 0 Å². The highest BCUT2D eigenvalue weighted by molar-refractivity contribution is 14.0. The van der Waals surface area contributed by atoms with E-state index < -0.39 is 0 Å². The number of aryl methyl sites for hydroxylation is 2. The number of likely N-dealkylation sites (tertiary alicyclic amines) is 1. The van der Waals surface area contributed by atoms with Crippen molar-refractivity contribution in [3.63, 3.8) is 0 Å². The van der Waals surface area contributed by atoms with Gasteiger partial charge in [-0.05, 0) is 32.1 Å². The molecule has 1 amide bonds. The van der Waals surface area contributed by atoms with Crippen LogP contribution >= 0.6 is 24.0 Å². The van der Waals surface area contributed by atoms with E-state index in [1.807, 2.05) is 23.7 Å². The minimum absolute atomic E-state index is 0. The summed E-state index contributed by atoms with van der Waals surface area (Å²) in [5, 5.41) is 8.23. The number of aliphatic imine (C=N–C) groups is 1. The van der Waals surface area contributed by atoms with E-state index in [4.69, 9.17) is 0 Å². The molecular formula is C22H40IN7O. The molecule has 8 nitrogen and oxygen atoms in total. The van der Waals surface area contributed by atoms with Crippen LogP contribution in [0.2, 0.25) is 0 Å². The number of carbonyl (C=O) groups excluding carboxylic acids is 1. The van der Waals surface area contributed by atoms with E-state index in [9.17, 15) is 4.79 Å². The molecule has 31 heavy (non-hydrogen) atoms. The minimum Gasteiger partial charge on any atom is -0.352 e. The number of halogens is 1. The third kappa shape index (κ3) is 6.57. The lowest BCUT2D eigenvalue weighted by Crippen LogP contribution is -2.54. The second-order valence-corrected chi connectivity index (χ2v) is 8.31. The molecule has 0 aliphatic carbocycles. The summed E-state index contributed by atoms with van der Waals surface area (Å²) >= 11 is 0. The monoisotopic (exact) mass is 545 g/mol. The normalized spacial score (nSPS) is 18.1. The lowest BCUT2D eigenvalue weighted by Gasteiger charge is -2.37. The molecule has 176 valence electrons. The van der Waals surface area contributed by atoms with Gasteiger partial charge >= 0.3 is 0 Å². The van der Waals surface area contributed by atoms with Crippen LogP contribution in [0.3, 0.4) is 0 Å². The second-order valence-electron chi connectivity index (χ2n) is 8.31. The predicted octanol–water partition coefficient (Wildman–Crippen LogP) is 1.87. The van der Waals surface area contributed by atoms with Gasteiger partial charge in [-0.25, -0.2) is 0 Å². The molecule has 1 N–H and O–H groups in total. The van der Waals surface area contributed by atoms with Crippen LogP contribution in [0.1, 0.15) is 50.1 Å². The third-order valence-electron chi connectivity index (χ3n) is 6.40. The van der Waals surface area contributed by atoms with Crippen LogP contribution in [-0.4, -0.2) is 89.2 Å². The topological polar surface area (TPSA) is 69.0 Å². The number of carbonyl (C=O) groups is 1. The van der Waals surface area contributed by atoms with Crippen LogP contribution in [0.25, 0.3) is 0 Å². The largest absolute Gasteiger partial charge is 0.352 e. The maximum Gasteiger partial charge on any atom is 0.236 e. The van der Waals surface area contributed by atoms with Crippen molar-refractivity contribution in [2.75, 3.05) is 52.9 Å². The molecule has 0 aromatic carbocycles. The van der Waals surface area contributed by atoms with Crippen LogP contribution in [-0.2, 0) is 31.2 Å². The van der Waals surface area contributed by atoms with Crippen LogP contribution in [0, 0.1) is 0 Å². The Morgan fingerprint density at radius 3 is 2.26 bits per heavy atom. The van der Waals surface area contributed by atoms with Gasteiger partial charge in [0.1, 0.15) is 0 Å². The van der Waals surface area contributed by atoms with Crippen LogP contribution in [0.15, 0.2) is 4.99 Å². The molecule has 0 radical (unpaired) electrons. The predicted molar refractivity (Wildman–Crippen MR) is 136 cm³/mol. The summed E-state index contributed by atoms with van der Waals surface area (Å²) in [5.74, 6) is 1.23. The van der Waals surface area contributed by atoms with Gasteiger partial charge in [0, 0.05) is 71.2 Å². The first-order valence-corrected chi connectivity index (χ1v) is 11.6. The number of hydrogen-bond donors (Lipinski definition) is 1. The number of hydrogen-bond acceptors (Lipinski definition) is 4. The number of rotatable bonds is 6. The van der Waals surface area contributed by atoms with Crippen molar-refractivity contribution in [2.24, 2.45) is 12.0 Å². The second kappa shape index (κ2) is 12.6. The van der Waals surface area contributed by atoms with Crippen molar-refractivity contribution in [3.05, 3.63) is 17.0 Å². The molecule has 9 heteroatoms. The van der Waals surface area contributed by atoms with Gasteiger partial charge in [-0.3, -0.25) is 19.4 Å². The number of nitrogens with one attached hydrogen (secondary N) is 1. The highest BCUT2D eigenvalue weighted by atomic mass is 127. The van der Waals surface area contributed by atoms with Crippen molar-refractivity contribution in [2.45, 2.75) is 52.5 Å². The molecule has 0 unspecified atom stereocenters. The average molecular weight is 546 g/mol. The summed E-state index contributed by atoms with van der Waals surface area (Å²) in [6.07, 6.45) is 5.47. The fourth-order valence-corrected chi connectivity index (χ4v) is 4.65. The Morgan fingerprint density at radius 1 is 1.00 bits per heavy atom. The van der Waals surface area contributed by atoms with Gasteiger partial charge in [-0.2, -0.15) is 5.10 Å². The van der Waals surface area contributed by atoms with Gasteiger partial charge in [0.2, 0.25) is 5.91 Å². The Morgan fingerprint density at radius 2 is 1.68 bits per heavy atom. The molecular weight excluding hydrogens is 505 g/mol. The maximum absolute atomic E-state index is 12.5. The first-order chi connectivity index (χ1) is 14.6. The lowest BCUT2D eigenvalue weighted by molar-refractivity contribution is -0.133. The minimum atomic E-state index is 0. The van der Waals surface area contributed by atoms with Gasteiger partial charge in [-0.15, -0.1) is 24.0 Å². The lowest BCUT2D eigenvalue weighted by atomic mass is 10.1. The molecule has 1 aromatic rings. The zero-order valence-electron chi connectivity index (χ0n) is 19.7. The first kappa shape index (κ1) is 25.9. The van der Waals surface area contributed by atoms with Crippen molar-refractivity contribution in [1.82, 2.24) is 29.8 Å². The van der Waals surface area contributed by atoms with Gasteiger partial charge < -0.3 is 15.1 Å². The molecule has 2 aliphatic rings. The number of amides is 1. The van der Waals surface area contributed by atoms with E-state index >= 15 is 0 Å². The van der Waals surface area contributed by atoms with E-state index in [0.29, 0.717) is 12.5 Å². The number of aromatic nitrogens is 2. The Balaban J connectivity index is 0.00000341. The molecule has 0 saturated carbocycles.